The molecule has 0 spiro atoms. The van der Waals surface area contributed by atoms with Crippen LogP contribution in [0.1, 0.15) is 87.5 Å². The molecule has 1 unspecified atom stereocenters. The summed E-state index contributed by atoms with van der Waals surface area (Å²) < 4.78 is 0. The number of hydrogen-bond acceptors (Lipinski definition) is 7. The van der Waals surface area contributed by atoms with Crippen LogP contribution in [-0.2, 0) is 24.0 Å². The predicted molar refractivity (Wildman–Crippen MR) is 156 cm³/mol. The second-order valence-corrected chi connectivity index (χ2v) is 12.5. The van der Waals surface area contributed by atoms with Crippen molar-refractivity contribution in [3.63, 3.8) is 0 Å². The second-order valence-electron chi connectivity index (χ2n) is 12.5. The van der Waals surface area contributed by atoms with Gasteiger partial charge in [-0.1, -0.05) is 48.5 Å². The van der Waals surface area contributed by atoms with Crippen LogP contribution in [-0.4, -0.2) is 102 Å². The van der Waals surface area contributed by atoms with E-state index in [2.05, 4.69) is 10.6 Å². The first kappa shape index (κ1) is 37.5. The van der Waals surface area contributed by atoms with Gasteiger partial charge in [-0.2, -0.15) is 0 Å². The maximum absolute atomic E-state index is 13.5. The number of hydrogen-bond donors (Lipinski definition) is 3. The van der Waals surface area contributed by atoms with Gasteiger partial charge in [0.15, 0.2) is 11.9 Å². The number of likely N-dealkylation sites (N-methyl/N-ethyl adjacent to an activating group) is 3. The van der Waals surface area contributed by atoms with Crippen molar-refractivity contribution in [2.45, 2.75) is 105 Å². The average molecular weight is 570 g/mol. The minimum atomic E-state index is -1.35. The van der Waals surface area contributed by atoms with Gasteiger partial charge in [0.2, 0.25) is 23.6 Å². The van der Waals surface area contributed by atoms with Crippen molar-refractivity contribution in [2.24, 2.45) is 17.3 Å². The molecule has 0 aromatic rings. The Morgan fingerprint density at radius 1 is 0.925 bits per heavy atom. The second kappa shape index (κ2) is 16.7. The lowest BCUT2D eigenvalue weighted by atomic mass is 9.86. The summed E-state index contributed by atoms with van der Waals surface area (Å²) in [5.41, 5.74) is -1.99. The Morgan fingerprint density at radius 3 is 1.95 bits per heavy atom. The van der Waals surface area contributed by atoms with E-state index in [0.29, 0.717) is 25.7 Å². The molecule has 11 heteroatoms. The number of carbonyl (C=O) groups is 5. The van der Waals surface area contributed by atoms with Crippen LogP contribution in [0.3, 0.4) is 0 Å². The summed E-state index contributed by atoms with van der Waals surface area (Å²) in [6.07, 6.45) is 2.58. The van der Waals surface area contributed by atoms with Crippen LogP contribution >= 0.6 is 0 Å². The zero-order chi connectivity index (χ0) is 31.4. The van der Waals surface area contributed by atoms with Crippen molar-refractivity contribution in [2.75, 3.05) is 34.4 Å². The van der Waals surface area contributed by atoms with Crippen molar-refractivity contribution >= 4 is 29.9 Å². The van der Waals surface area contributed by atoms with Gasteiger partial charge < -0.3 is 25.1 Å². The standard InChI is InChI=1S/C29H55N5O6/c1-12-13-24(37)32(9)22(6)27(40)34(11)29(18-35,15-21(4)5)31-17-28(7,8)16-25(38)33(10)23(14-20(2)3)26(39)30-19-36/h18,20-23,31,36H,12-17,19H2,1-11H3,(H,30,39)/t22-,23?,29-/m1/s1. The molecule has 0 fully saturated rings. The lowest BCUT2D eigenvalue weighted by Gasteiger charge is -2.43. The topological polar surface area (TPSA) is 139 Å². The summed E-state index contributed by atoms with van der Waals surface area (Å²) in [5.74, 6) is -0.975. The molecular formula is C29H55N5O6. The Labute approximate surface area is 241 Å². The van der Waals surface area contributed by atoms with Gasteiger partial charge in [-0.3, -0.25) is 29.3 Å². The first-order chi connectivity index (χ1) is 18.4. The van der Waals surface area contributed by atoms with Crippen LogP contribution < -0.4 is 10.6 Å². The number of rotatable bonds is 18. The van der Waals surface area contributed by atoms with Gasteiger partial charge in [0.05, 0.1) is 0 Å². The van der Waals surface area contributed by atoms with Gasteiger partial charge in [0, 0.05) is 40.5 Å². The maximum atomic E-state index is 13.5. The fourth-order valence-corrected chi connectivity index (χ4v) is 4.61. The molecule has 0 rings (SSSR count). The van der Waals surface area contributed by atoms with Crippen LogP contribution in [0.5, 0.6) is 0 Å². The smallest absolute Gasteiger partial charge is 0.246 e. The molecule has 232 valence electrons. The molecule has 0 aromatic heterocycles. The van der Waals surface area contributed by atoms with E-state index < -0.39 is 35.8 Å². The SMILES string of the molecule is CCCC(=O)N(C)[C@H](C)C(=O)N(C)[C@@](C=O)(CC(C)C)NCC(C)(C)CC(=O)N(C)C(CC(C)C)C(=O)NCO. The molecule has 3 atom stereocenters. The van der Waals surface area contributed by atoms with Crippen molar-refractivity contribution in [3.8, 4) is 0 Å². The molecule has 0 saturated heterocycles. The maximum Gasteiger partial charge on any atom is 0.246 e. The summed E-state index contributed by atoms with van der Waals surface area (Å²) in [6, 6.07) is -1.49. The summed E-state index contributed by atoms with van der Waals surface area (Å²) in [6.45, 7) is 14.8. The fourth-order valence-electron chi connectivity index (χ4n) is 4.61. The van der Waals surface area contributed by atoms with Gasteiger partial charge in [-0.05, 0) is 43.4 Å². The van der Waals surface area contributed by atoms with E-state index in [1.54, 1.807) is 28.1 Å². The van der Waals surface area contributed by atoms with E-state index in [1.807, 2.05) is 48.5 Å². The molecule has 0 aliphatic rings. The summed E-state index contributed by atoms with van der Waals surface area (Å²) in [7, 11) is 4.73. The monoisotopic (exact) mass is 569 g/mol. The minimum Gasteiger partial charge on any atom is -0.376 e. The number of aldehydes is 1. The zero-order valence-corrected chi connectivity index (χ0v) is 26.7. The molecule has 3 N–H and O–H groups in total. The Morgan fingerprint density at radius 2 is 1.50 bits per heavy atom. The van der Waals surface area contributed by atoms with E-state index in [4.69, 9.17) is 5.11 Å². The van der Waals surface area contributed by atoms with Crippen LogP contribution in [0.4, 0.5) is 0 Å². The van der Waals surface area contributed by atoms with Crippen molar-refractivity contribution in [1.82, 2.24) is 25.3 Å². The highest BCUT2D eigenvalue weighted by molar-refractivity contribution is 5.89. The highest BCUT2D eigenvalue weighted by Gasteiger charge is 2.42. The van der Waals surface area contributed by atoms with E-state index in [9.17, 15) is 24.0 Å². The number of nitrogens with one attached hydrogen (secondary N) is 2. The van der Waals surface area contributed by atoms with Crippen LogP contribution in [0, 0.1) is 17.3 Å². The molecule has 0 aliphatic heterocycles. The molecule has 0 radical (unpaired) electrons. The summed E-state index contributed by atoms with van der Waals surface area (Å²) in [5, 5.41) is 14.8. The largest absolute Gasteiger partial charge is 0.376 e. The lowest BCUT2D eigenvalue weighted by Crippen LogP contribution is -2.65. The first-order valence-corrected chi connectivity index (χ1v) is 14.3. The minimum absolute atomic E-state index is 0.0559. The Hall–Kier alpha value is -2.53. The van der Waals surface area contributed by atoms with Crippen LogP contribution in [0.15, 0.2) is 0 Å². The third-order valence-electron chi connectivity index (χ3n) is 7.25. The third kappa shape index (κ3) is 11.2. The highest BCUT2D eigenvalue weighted by Crippen LogP contribution is 2.26. The molecule has 40 heavy (non-hydrogen) atoms. The van der Waals surface area contributed by atoms with E-state index >= 15 is 0 Å². The predicted octanol–water partition coefficient (Wildman–Crippen LogP) is 1.98. The van der Waals surface area contributed by atoms with E-state index in [-0.39, 0.29) is 42.5 Å². The van der Waals surface area contributed by atoms with Crippen molar-refractivity contribution in [3.05, 3.63) is 0 Å². The number of carbonyl (C=O) groups excluding carboxylic acids is 5. The quantitative estimate of drug-likeness (QED) is 0.169. The zero-order valence-electron chi connectivity index (χ0n) is 26.7. The fraction of sp³-hybridized carbons (Fsp3) is 0.828. The van der Waals surface area contributed by atoms with Crippen molar-refractivity contribution in [1.29, 1.82) is 0 Å². The normalized spacial score (nSPS) is 14.8. The van der Waals surface area contributed by atoms with Gasteiger partial charge in [0.1, 0.15) is 18.8 Å². The number of aliphatic hydroxyl groups excluding tert-OH is 1. The summed E-state index contributed by atoms with van der Waals surface area (Å²) >= 11 is 0. The van der Waals surface area contributed by atoms with Gasteiger partial charge in [0.25, 0.3) is 0 Å². The van der Waals surface area contributed by atoms with E-state index in [1.165, 1.54) is 14.7 Å². The molecule has 0 saturated carbocycles. The first-order valence-electron chi connectivity index (χ1n) is 14.3. The molecule has 0 bridgehead atoms. The molecule has 11 nitrogen and oxygen atoms in total. The van der Waals surface area contributed by atoms with Crippen molar-refractivity contribution < 1.29 is 29.1 Å². The van der Waals surface area contributed by atoms with Crippen LogP contribution in [0.25, 0.3) is 0 Å². The third-order valence-corrected chi connectivity index (χ3v) is 7.25. The Balaban J connectivity index is 5.86. The van der Waals surface area contributed by atoms with Crippen LogP contribution in [0.2, 0.25) is 0 Å². The molecule has 0 aliphatic carbocycles. The number of aliphatic hydroxyl groups is 1. The number of nitrogens with zero attached hydrogens (tertiary/aromatic N) is 3. The molecule has 0 aromatic carbocycles. The average Bonchev–Trinajstić information content (AvgIpc) is 2.87. The Kier molecular flexibility index (Phi) is 15.6. The van der Waals surface area contributed by atoms with Gasteiger partial charge in [-0.15, -0.1) is 0 Å². The van der Waals surface area contributed by atoms with Gasteiger partial charge >= 0.3 is 0 Å². The molecular weight excluding hydrogens is 514 g/mol. The molecule has 0 heterocycles. The van der Waals surface area contributed by atoms with E-state index in [0.717, 1.165) is 6.29 Å². The summed E-state index contributed by atoms with van der Waals surface area (Å²) in [4.78, 5) is 68.5. The number of amides is 4. The lowest BCUT2D eigenvalue weighted by molar-refractivity contribution is -0.151. The van der Waals surface area contributed by atoms with Gasteiger partial charge in [-0.25, -0.2) is 0 Å². The Bertz CT molecular complexity index is 862. The highest BCUT2D eigenvalue weighted by atomic mass is 16.3. The molecule has 4 amide bonds.